The maximum atomic E-state index is 11.6. The smallest absolute Gasteiger partial charge is 0.194 e. The van der Waals surface area contributed by atoms with E-state index in [4.69, 9.17) is 9.73 Å². The molecule has 0 amide bonds. The van der Waals surface area contributed by atoms with Crippen LogP contribution >= 0.6 is 0 Å². The molecule has 2 aliphatic rings. The van der Waals surface area contributed by atoms with Crippen molar-refractivity contribution in [3.8, 4) is 5.75 Å². The molecule has 0 bridgehead atoms. The number of hydrogen-bond acceptors (Lipinski definition) is 6. The van der Waals surface area contributed by atoms with Crippen molar-refractivity contribution in [2.24, 2.45) is 4.99 Å². The van der Waals surface area contributed by atoms with Gasteiger partial charge in [0.15, 0.2) is 15.8 Å². The Morgan fingerprint density at radius 1 is 1.14 bits per heavy atom. The first-order valence-electron chi connectivity index (χ1n) is 10.4. The summed E-state index contributed by atoms with van der Waals surface area (Å²) < 4.78 is 28.4. The lowest BCUT2D eigenvalue weighted by atomic mass is 10.2. The molecule has 0 spiro atoms. The maximum absolute atomic E-state index is 11.6. The van der Waals surface area contributed by atoms with Gasteiger partial charge < -0.3 is 19.9 Å². The number of nitrogens with one attached hydrogen (secondary N) is 1. The monoisotopic (exact) mass is 423 g/mol. The second-order valence-electron chi connectivity index (χ2n) is 7.40. The zero-order valence-corrected chi connectivity index (χ0v) is 18.3. The Hall–Kier alpha value is -2.00. The van der Waals surface area contributed by atoms with Crippen LogP contribution in [0, 0.1) is 0 Å². The van der Waals surface area contributed by atoms with Gasteiger partial charge in [0, 0.05) is 64.1 Å². The molecule has 1 aromatic rings. The third kappa shape index (κ3) is 6.24. The van der Waals surface area contributed by atoms with Crippen LogP contribution < -0.4 is 15.0 Å². The Balaban J connectivity index is 1.51. The Morgan fingerprint density at radius 3 is 2.52 bits per heavy atom. The number of aliphatic imine (C=N–C) groups is 1. The number of guanidine groups is 1. The second-order valence-corrected chi connectivity index (χ2v) is 9.71. The van der Waals surface area contributed by atoms with Crippen LogP contribution in [0.25, 0.3) is 0 Å². The van der Waals surface area contributed by atoms with E-state index in [-0.39, 0.29) is 11.5 Å². The lowest BCUT2D eigenvalue weighted by molar-refractivity contribution is 0.302. The molecular formula is C20H33N5O3S. The van der Waals surface area contributed by atoms with Crippen LogP contribution in [0.2, 0.25) is 0 Å². The number of benzene rings is 1. The van der Waals surface area contributed by atoms with Crippen LogP contribution in [0.1, 0.15) is 6.92 Å². The van der Waals surface area contributed by atoms with Gasteiger partial charge in [-0.15, -0.1) is 0 Å². The van der Waals surface area contributed by atoms with Crippen LogP contribution in [-0.4, -0.2) is 102 Å². The van der Waals surface area contributed by atoms with Crippen LogP contribution in [-0.2, 0) is 9.84 Å². The summed E-state index contributed by atoms with van der Waals surface area (Å²) in [6.07, 6.45) is 0. The van der Waals surface area contributed by atoms with Gasteiger partial charge >= 0.3 is 0 Å². The van der Waals surface area contributed by atoms with Crippen LogP contribution in [0.4, 0.5) is 5.69 Å². The summed E-state index contributed by atoms with van der Waals surface area (Å²) in [6, 6.07) is 8.19. The van der Waals surface area contributed by atoms with Gasteiger partial charge in [0.25, 0.3) is 0 Å². The number of hydrogen-bond donors (Lipinski definition) is 1. The predicted octanol–water partition coefficient (Wildman–Crippen LogP) is 0.513. The van der Waals surface area contributed by atoms with Crippen molar-refractivity contribution in [1.82, 2.24) is 15.1 Å². The number of nitrogens with zero attached hydrogens (tertiary/aromatic N) is 4. The van der Waals surface area contributed by atoms with E-state index in [0.717, 1.165) is 51.0 Å². The van der Waals surface area contributed by atoms with Crippen molar-refractivity contribution in [3.05, 3.63) is 24.3 Å². The minimum Gasteiger partial charge on any atom is -0.497 e. The molecule has 0 aromatic heterocycles. The molecule has 0 aliphatic carbocycles. The topological polar surface area (TPSA) is 77.5 Å². The Bertz CT molecular complexity index is 777. The quantitative estimate of drug-likeness (QED) is 0.528. The molecule has 0 radical (unpaired) electrons. The SMILES string of the molecule is CCNC(=NCCN1CCS(=O)(=O)CC1)N1CCN(c2cccc(OC)c2)CC1. The van der Waals surface area contributed by atoms with E-state index in [0.29, 0.717) is 19.6 Å². The Labute approximate surface area is 174 Å². The number of sulfone groups is 1. The first-order chi connectivity index (χ1) is 14.0. The molecule has 2 saturated heterocycles. The molecule has 2 fully saturated rings. The summed E-state index contributed by atoms with van der Waals surface area (Å²) in [5.74, 6) is 2.36. The highest BCUT2D eigenvalue weighted by Gasteiger charge is 2.22. The zero-order valence-electron chi connectivity index (χ0n) is 17.5. The van der Waals surface area contributed by atoms with Gasteiger partial charge in [-0.2, -0.15) is 0 Å². The lowest BCUT2D eigenvalue weighted by Gasteiger charge is -2.38. The van der Waals surface area contributed by atoms with E-state index in [1.54, 1.807) is 7.11 Å². The third-order valence-electron chi connectivity index (χ3n) is 5.45. The lowest BCUT2D eigenvalue weighted by Crippen LogP contribution is -2.52. The third-order valence-corrected chi connectivity index (χ3v) is 7.06. The average molecular weight is 424 g/mol. The Morgan fingerprint density at radius 2 is 1.86 bits per heavy atom. The Kier molecular flexibility index (Phi) is 7.60. The van der Waals surface area contributed by atoms with E-state index in [1.165, 1.54) is 5.69 Å². The fourth-order valence-corrected chi connectivity index (χ4v) is 4.96. The second kappa shape index (κ2) is 10.2. The van der Waals surface area contributed by atoms with Crippen molar-refractivity contribution < 1.29 is 13.2 Å². The van der Waals surface area contributed by atoms with Crippen molar-refractivity contribution in [2.75, 3.05) is 82.4 Å². The highest BCUT2D eigenvalue weighted by Crippen LogP contribution is 2.22. The van der Waals surface area contributed by atoms with E-state index in [2.05, 4.69) is 39.1 Å². The molecule has 8 nitrogen and oxygen atoms in total. The largest absolute Gasteiger partial charge is 0.497 e. The number of rotatable bonds is 6. The average Bonchev–Trinajstić information content (AvgIpc) is 2.74. The van der Waals surface area contributed by atoms with Crippen LogP contribution in [0.15, 0.2) is 29.3 Å². The first-order valence-corrected chi connectivity index (χ1v) is 12.2. The van der Waals surface area contributed by atoms with Crippen molar-refractivity contribution in [3.63, 3.8) is 0 Å². The fourth-order valence-electron chi connectivity index (χ4n) is 3.68. The summed E-state index contributed by atoms with van der Waals surface area (Å²) in [5.41, 5.74) is 1.19. The highest BCUT2D eigenvalue weighted by atomic mass is 32.2. The maximum Gasteiger partial charge on any atom is 0.194 e. The minimum atomic E-state index is -2.83. The first kappa shape index (κ1) is 21.7. The number of methoxy groups -OCH3 is 1. The van der Waals surface area contributed by atoms with E-state index >= 15 is 0 Å². The molecule has 0 saturated carbocycles. The predicted molar refractivity (Wildman–Crippen MR) is 118 cm³/mol. The molecule has 9 heteroatoms. The molecule has 162 valence electrons. The molecule has 3 rings (SSSR count). The van der Waals surface area contributed by atoms with Gasteiger partial charge in [-0.1, -0.05) is 6.07 Å². The van der Waals surface area contributed by atoms with E-state index < -0.39 is 9.84 Å². The highest BCUT2D eigenvalue weighted by molar-refractivity contribution is 7.91. The molecular weight excluding hydrogens is 390 g/mol. The van der Waals surface area contributed by atoms with Crippen LogP contribution in [0.5, 0.6) is 5.75 Å². The molecule has 0 atom stereocenters. The number of piperazine rings is 1. The minimum absolute atomic E-state index is 0.267. The fraction of sp³-hybridized carbons (Fsp3) is 0.650. The standard InChI is InChI=1S/C20H33N5O3S/c1-3-21-20(22-7-8-23-13-15-29(26,27)16-14-23)25-11-9-24(10-12-25)18-5-4-6-19(17-18)28-2/h4-6,17H,3,7-16H2,1-2H3,(H,21,22). The molecule has 2 aliphatic heterocycles. The zero-order chi connectivity index (χ0) is 20.7. The summed E-state index contributed by atoms with van der Waals surface area (Å²) in [4.78, 5) is 11.7. The van der Waals surface area contributed by atoms with Crippen molar-refractivity contribution in [1.29, 1.82) is 0 Å². The summed E-state index contributed by atoms with van der Waals surface area (Å²) >= 11 is 0. The van der Waals surface area contributed by atoms with Crippen molar-refractivity contribution >= 4 is 21.5 Å². The normalized spacial score (nSPS) is 20.6. The number of anilines is 1. The molecule has 2 heterocycles. The molecule has 1 aromatic carbocycles. The van der Waals surface area contributed by atoms with Gasteiger partial charge in [0.2, 0.25) is 0 Å². The van der Waals surface area contributed by atoms with Gasteiger partial charge in [0.05, 0.1) is 25.2 Å². The van der Waals surface area contributed by atoms with E-state index in [1.807, 2.05) is 12.1 Å². The molecule has 29 heavy (non-hydrogen) atoms. The van der Waals surface area contributed by atoms with Gasteiger partial charge in [-0.25, -0.2) is 8.42 Å². The summed E-state index contributed by atoms with van der Waals surface area (Å²) in [7, 11) is -1.13. The summed E-state index contributed by atoms with van der Waals surface area (Å²) in [5, 5.41) is 3.40. The van der Waals surface area contributed by atoms with Crippen LogP contribution in [0.3, 0.4) is 0 Å². The van der Waals surface area contributed by atoms with E-state index in [9.17, 15) is 8.42 Å². The van der Waals surface area contributed by atoms with Crippen molar-refractivity contribution in [2.45, 2.75) is 6.92 Å². The summed E-state index contributed by atoms with van der Waals surface area (Å²) in [6.45, 7) is 9.31. The molecule has 0 unspecified atom stereocenters. The van der Waals surface area contributed by atoms with Gasteiger partial charge in [-0.3, -0.25) is 9.89 Å². The van der Waals surface area contributed by atoms with Gasteiger partial charge in [-0.05, 0) is 19.1 Å². The number of ether oxygens (including phenoxy) is 1. The van der Waals surface area contributed by atoms with Gasteiger partial charge in [0.1, 0.15) is 5.75 Å². The molecule has 1 N–H and O–H groups in total.